The first-order chi connectivity index (χ1) is 16.1. The zero-order valence-electron chi connectivity index (χ0n) is 20.4. The first-order valence-corrected chi connectivity index (χ1v) is 13.1. The van der Waals surface area contributed by atoms with E-state index in [1.54, 1.807) is 42.2 Å². The molecule has 2 aromatic rings. The van der Waals surface area contributed by atoms with E-state index in [0.29, 0.717) is 55.4 Å². The van der Waals surface area contributed by atoms with Crippen molar-refractivity contribution in [3.63, 3.8) is 0 Å². The van der Waals surface area contributed by atoms with Gasteiger partial charge in [-0.3, -0.25) is 14.5 Å². The number of piperazine rings is 1. The van der Waals surface area contributed by atoms with Gasteiger partial charge in [-0.2, -0.15) is 4.31 Å². The highest BCUT2D eigenvalue weighted by Gasteiger charge is 2.30. The molecule has 0 spiro atoms. The van der Waals surface area contributed by atoms with Gasteiger partial charge >= 0.3 is 0 Å². The summed E-state index contributed by atoms with van der Waals surface area (Å²) in [6.07, 6.45) is 0. The van der Waals surface area contributed by atoms with Crippen molar-refractivity contribution < 1.29 is 18.0 Å². The number of anilines is 1. The lowest BCUT2D eigenvalue weighted by atomic mass is 10.1. The van der Waals surface area contributed by atoms with E-state index < -0.39 is 10.0 Å². The molecule has 2 amide bonds. The molecule has 1 fully saturated rings. The van der Waals surface area contributed by atoms with Gasteiger partial charge in [0.05, 0.1) is 11.4 Å². The average molecular weight is 487 g/mol. The van der Waals surface area contributed by atoms with Crippen LogP contribution in [-0.2, 0) is 14.8 Å². The van der Waals surface area contributed by atoms with Gasteiger partial charge in [-0.05, 0) is 63.1 Å². The van der Waals surface area contributed by atoms with Crippen molar-refractivity contribution in [1.29, 1.82) is 0 Å². The maximum atomic E-state index is 13.1. The van der Waals surface area contributed by atoms with Crippen LogP contribution in [0.25, 0.3) is 0 Å². The Labute approximate surface area is 202 Å². The van der Waals surface area contributed by atoms with E-state index in [1.807, 2.05) is 37.8 Å². The van der Waals surface area contributed by atoms with Crippen LogP contribution >= 0.6 is 0 Å². The molecule has 34 heavy (non-hydrogen) atoms. The van der Waals surface area contributed by atoms with Gasteiger partial charge in [0.15, 0.2) is 0 Å². The third kappa shape index (κ3) is 6.02. The molecule has 1 heterocycles. The molecule has 0 aromatic heterocycles. The predicted octanol–water partition coefficient (Wildman–Crippen LogP) is 2.73. The molecular formula is C25H34N4O4S. The van der Waals surface area contributed by atoms with Gasteiger partial charge in [0.2, 0.25) is 15.9 Å². The number of benzene rings is 2. The van der Waals surface area contributed by atoms with Gasteiger partial charge in [-0.1, -0.05) is 18.2 Å². The van der Waals surface area contributed by atoms with Gasteiger partial charge in [-0.25, -0.2) is 8.42 Å². The molecule has 9 heteroatoms. The summed E-state index contributed by atoms with van der Waals surface area (Å²) in [6.45, 7) is 10.5. The van der Waals surface area contributed by atoms with Crippen molar-refractivity contribution in [3.8, 4) is 0 Å². The molecule has 8 nitrogen and oxygen atoms in total. The van der Waals surface area contributed by atoms with Crippen LogP contribution in [0.1, 0.15) is 35.3 Å². The number of carbonyl (C=O) groups is 2. The fraction of sp³-hybridized carbons (Fsp3) is 0.440. The van der Waals surface area contributed by atoms with Crippen LogP contribution in [0.2, 0.25) is 0 Å². The summed E-state index contributed by atoms with van der Waals surface area (Å²) in [7, 11) is -3.57. The molecule has 2 aromatic carbocycles. The van der Waals surface area contributed by atoms with Crippen LogP contribution in [0.3, 0.4) is 0 Å². The third-order valence-corrected chi connectivity index (χ3v) is 8.14. The first-order valence-electron chi connectivity index (χ1n) is 11.6. The van der Waals surface area contributed by atoms with Crippen LogP contribution in [0.4, 0.5) is 5.69 Å². The number of sulfonamides is 1. The van der Waals surface area contributed by atoms with Crippen LogP contribution in [0.15, 0.2) is 47.4 Å². The SMILES string of the molecule is CCN(CC)C(=O)c1cccc(NC(=O)CN2CCN(S(=O)(=O)c3cc(C)ccc3C)CC2)c1. The highest BCUT2D eigenvalue weighted by atomic mass is 32.2. The summed E-state index contributed by atoms with van der Waals surface area (Å²) in [4.78, 5) is 29.2. The van der Waals surface area contributed by atoms with Gasteiger partial charge in [0, 0.05) is 50.5 Å². The molecular weight excluding hydrogens is 452 g/mol. The van der Waals surface area contributed by atoms with E-state index in [9.17, 15) is 18.0 Å². The molecule has 0 aliphatic carbocycles. The topological polar surface area (TPSA) is 90.0 Å². The van der Waals surface area contributed by atoms with E-state index >= 15 is 0 Å². The second-order valence-electron chi connectivity index (χ2n) is 8.56. The van der Waals surface area contributed by atoms with E-state index in [1.165, 1.54) is 4.31 Å². The van der Waals surface area contributed by atoms with E-state index in [2.05, 4.69) is 5.32 Å². The molecule has 1 aliphatic rings. The number of rotatable bonds is 8. The zero-order valence-corrected chi connectivity index (χ0v) is 21.2. The summed E-state index contributed by atoms with van der Waals surface area (Å²) in [5.41, 5.74) is 2.74. The first kappa shape index (κ1) is 25.9. The Morgan fingerprint density at radius 2 is 1.65 bits per heavy atom. The average Bonchev–Trinajstić information content (AvgIpc) is 2.81. The van der Waals surface area contributed by atoms with Gasteiger partial charge in [-0.15, -0.1) is 0 Å². The number of carbonyl (C=O) groups excluding carboxylic acids is 2. The smallest absolute Gasteiger partial charge is 0.253 e. The van der Waals surface area contributed by atoms with Crippen molar-refractivity contribution in [2.45, 2.75) is 32.6 Å². The Bertz CT molecular complexity index is 1140. The number of hydrogen-bond acceptors (Lipinski definition) is 5. The summed E-state index contributed by atoms with van der Waals surface area (Å²) in [5, 5.41) is 2.86. The fourth-order valence-electron chi connectivity index (χ4n) is 4.08. The molecule has 1 aliphatic heterocycles. The summed E-state index contributed by atoms with van der Waals surface area (Å²) in [6, 6.07) is 12.4. The number of nitrogens with zero attached hydrogens (tertiary/aromatic N) is 3. The second-order valence-corrected chi connectivity index (χ2v) is 10.5. The standard InChI is InChI=1S/C25H34N4O4S/c1-5-28(6-2)25(31)21-8-7-9-22(17-21)26-24(30)18-27-12-14-29(15-13-27)34(32,33)23-16-19(3)10-11-20(23)4/h7-11,16-17H,5-6,12-15,18H2,1-4H3,(H,26,30). The van der Waals surface area contributed by atoms with Crippen LogP contribution < -0.4 is 5.32 Å². The minimum absolute atomic E-state index is 0.0673. The molecule has 184 valence electrons. The minimum atomic E-state index is -3.57. The second kappa shape index (κ2) is 11.1. The molecule has 1 saturated heterocycles. The molecule has 1 N–H and O–H groups in total. The summed E-state index contributed by atoms with van der Waals surface area (Å²) >= 11 is 0. The molecule has 0 unspecified atom stereocenters. The number of amides is 2. The highest BCUT2D eigenvalue weighted by Crippen LogP contribution is 2.22. The predicted molar refractivity (Wildman–Crippen MR) is 133 cm³/mol. The van der Waals surface area contributed by atoms with Crippen molar-refractivity contribution >= 4 is 27.5 Å². The Balaban J connectivity index is 1.57. The van der Waals surface area contributed by atoms with Crippen molar-refractivity contribution in [1.82, 2.24) is 14.1 Å². The van der Waals surface area contributed by atoms with Crippen molar-refractivity contribution in [3.05, 3.63) is 59.2 Å². The molecule has 0 radical (unpaired) electrons. The number of nitrogens with one attached hydrogen (secondary N) is 1. The number of hydrogen-bond donors (Lipinski definition) is 1. The van der Waals surface area contributed by atoms with Crippen LogP contribution in [-0.4, -0.2) is 80.2 Å². The van der Waals surface area contributed by atoms with Crippen molar-refractivity contribution in [2.75, 3.05) is 51.1 Å². The lowest BCUT2D eigenvalue weighted by Crippen LogP contribution is -2.50. The Morgan fingerprint density at radius 3 is 2.29 bits per heavy atom. The molecule has 0 atom stereocenters. The van der Waals surface area contributed by atoms with Gasteiger partial charge in [0.1, 0.15) is 0 Å². The summed E-state index contributed by atoms with van der Waals surface area (Å²) in [5.74, 6) is -0.263. The van der Waals surface area contributed by atoms with E-state index in [4.69, 9.17) is 0 Å². The maximum absolute atomic E-state index is 13.1. The van der Waals surface area contributed by atoms with E-state index in [0.717, 1.165) is 11.1 Å². The quantitative estimate of drug-likeness (QED) is 0.620. The lowest BCUT2D eigenvalue weighted by molar-refractivity contribution is -0.117. The van der Waals surface area contributed by atoms with Crippen LogP contribution in [0, 0.1) is 13.8 Å². The molecule has 0 saturated carbocycles. The normalized spacial score (nSPS) is 15.2. The highest BCUT2D eigenvalue weighted by molar-refractivity contribution is 7.89. The Kier molecular flexibility index (Phi) is 8.46. The monoisotopic (exact) mass is 486 g/mol. The fourth-order valence-corrected chi connectivity index (χ4v) is 5.81. The maximum Gasteiger partial charge on any atom is 0.253 e. The number of aryl methyl sites for hydroxylation is 2. The Morgan fingerprint density at radius 1 is 0.971 bits per heavy atom. The summed E-state index contributed by atoms with van der Waals surface area (Å²) < 4.78 is 27.7. The minimum Gasteiger partial charge on any atom is -0.339 e. The molecule has 0 bridgehead atoms. The molecule has 3 rings (SSSR count). The third-order valence-electron chi connectivity index (χ3n) is 6.10. The van der Waals surface area contributed by atoms with Gasteiger partial charge < -0.3 is 10.2 Å². The van der Waals surface area contributed by atoms with Crippen molar-refractivity contribution in [2.24, 2.45) is 0 Å². The lowest BCUT2D eigenvalue weighted by Gasteiger charge is -2.33. The van der Waals surface area contributed by atoms with Crippen LogP contribution in [0.5, 0.6) is 0 Å². The largest absolute Gasteiger partial charge is 0.339 e. The Hall–Kier alpha value is -2.75. The van der Waals surface area contributed by atoms with Gasteiger partial charge in [0.25, 0.3) is 5.91 Å². The zero-order chi connectivity index (χ0) is 24.9. The van der Waals surface area contributed by atoms with E-state index in [-0.39, 0.29) is 18.4 Å².